The molecule has 23 heavy (non-hydrogen) atoms. The quantitative estimate of drug-likeness (QED) is 0.392. The van der Waals surface area contributed by atoms with Gasteiger partial charge in [-0.25, -0.2) is 4.79 Å². The fraction of sp³-hybridized carbons (Fsp3) is 0.500. The number of hydrogen-bond donors (Lipinski definition) is 0. The highest BCUT2D eigenvalue weighted by Crippen LogP contribution is 2.40. The summed E-state index contributed by atoms with van der Waals surface area (Å²) in [4.78, 5) is 21.7. The molecule has 0 amide bonds. The van der Waals surface area contributed by atoms with Crippen molar-refractivity contribution in [1.82, 2.24) is 0 Å². The van der Waals surface area contributed by atoms with Crippen LogP contribution in [0.3, 0.4) is 0 Å². The minimum atomic E-state index is -0.714. The van der Waals surface area contributed by atoms with Crippen molar-refractivity contribution in [1.29, 1.82) is 0 Å². The van der Waals surface area contributed by atoms with Crippen LogP contribution in [-0.2, 0) is 14.5 Å². The SMILES string of the molecule is COc1ccc(C(=O)OO[CH]CC(C)(C)OC)c(OC)c1OC. The number of methoxy groups -OCH3 is 4. The Hall–Kier alpha value is -1.99. The van der Waals surface area contributed by atoms with E-state index in [0.717, 1.165) is 0 Å². The second-order valence-electron chi connectivity index (χ2n) is 5.18. The van der Waals surface area contributed by atoms with Gasteiger partial charge in [-0.05, 0) is 26.0 Å². The fourth-order valence-electron chi connectivity index (χ4n) is 1.70. The third-order valence-corrected chi connectivity index (χ3v) is 3.24. The van der Waals surface area contributed by atoms with E-state index in [0.29, 0.717) is 17.9 Å². The molecule has 0 saturated heterocycles. The van der Waals surface area contributed by atoms with Gasteiger partial charge < -0.3 is 18.9 Å². The molecule has 1 aromatic rings. The monoisotopic (exact) mass is 327 g/mol. The van der Waals surface area contributed by atoms with E-state index in [9.17, 15) is 4.79 Å². The van der Waals surface area contributed by atoms with Gasteiger partial charge in [-0.1, -0.05) is 0 Å². The van der Waals surface area contributed by atoms with Crippen LogP contribution in [0.1, 0.15) is 30.6 Å². The van der Waals surface area contributed by atoms with E-state index in [4.69, 9.17) is 28.7 Å². The van der Waals surface area contributed by atoms with Crippen molar-refractivity contribution in [3.05, 3.63) is 24.3 Å². The summed E-state index contributed by atoms with van der Waals surface area (Å²) in [5, 5.41) is 0. The van der Waals surface area contributed by atoms with Crippen molar-refractivity contribution in [2.45, 2.75) is 25.9 Å². The summed E-state index contributed by atoms with van der Waals surface area (Å²) in [5.41, 5.74) is -0.252. The molecule has 1 radical (unpaired) electrons. The Labute approximate surface area is 136 Å². The lowest BCUT2D eigenvalue weighted by Gasteiger charge is -2.21. The van der Waals surface area contributed by atoms with Gasteiger partial charge in [0.05, 0.1) is 26.9 Å². The van der Waals surface area contributed by atoms with Crippen LogP contribution in [-0.4, -0.2) is 40.0 Å². The Morgan fingerprint density at radius 3 is 2.22 bits per heavy atom. The highest BCUT2D eigenvalue weighted by molar-refractivity contribution is 5.93. The van der Waals surface area contributed by atoms with Crippen molar-refractivity contribution in [2.24, 2.45) is 0 Å². The number of hydrogen-bond acceptors (Lipinski definition) is 7. The maximum absolute atomic E-state index is 12.1. The molecule has 0 fully saturated rings. The van der Waals surface area contributed by atoms with Gasteiger partial charge in [0.1, 0.15) is 12.2 Å². The van der Waals surface area contributed by atoms with E-state index in [2.05, 4.69) is 0 Å². The molecule has 0 spiro atoms. The van der Waals surface area contributed by atoms with Crippen molar-refractivity contribution >= 4 is 5.97 Å². The normalized spacial score (nSPS) is 11.0. The molecule has 0 aliphatic rings. The smallest absolute Gasteiger partial charge is 0.376 e. The second kappa shape index (κ2) is 8.59. The molecular weight excluding hydrogens is 304 g/mol. The molecule has 0 saturated carbocycles. The summed E-state index contributed by atoms with van der Waals surface area (Å²) in [7, 11) is 5.95. The molecule has 0 N–H and O–H groups in total. The number of rotatable bonds is 9. The second-order valence-corrected chi connectivity index (χ2v) is 5.18. The molecule has 1 aromatic carbocycles. The molecule has 0 atom stereocenters. The zero-order valence-electron chi connectivity index (χ0n) is 14.3. The van der Waals surface area contributed by atoms with Gasteiger partial charge in [0.2, 0.25) is 5.75 Å². The summed E-state index contributed by atoms with van der Waals surface area (Å²) in [6.45, 7) is 5.12. The largest absolute Gasteiger partial charge is 0.493 e. The Morgan fingerprint density at radius 1 is 1.04 bits per heavy atom. The van der Waals surface area contributed by atoms with Crippen LogP contribution in [0, 0.1) is 6.61 Å². The third kappa shape index (κ3) is 5.01. The summed E-state index contributed by atoms with van der Waals surface area (Å²) in [6.07, 6.45) is 0.444. The fourth-order valence-corrected chi connectivity index (χ4v) is 1.70. The highest BCUT2D eigenvalue weighted by atomic mass is 17.2. The first-order chi connectivity index (χ1) is 10.9. The first kappa shape index (κ1) is 19.1. The lowest BCUT2D eigenvalue weighted by molar-refractivity contribution is -0.218. The molecular formula is C16H23O7. The minimum absolute atomic E-state index is 0.157. The van der Waals surface area contributed by atoms with E-state index >= 15 is 0 Å². The average Bonchev–Trinajstić information content (AvgIpc) is 2.56. The zero-order chi connectivity index (χ0) is 17.5. The predicted octanol–water partition coefficient (Wildman–Crippen LogP) is 2.78. The van der Waals surface area contributed by atoms with E-state index in [1.165, 1.54) is 34.0 Å². The van der Waals surface area contributed by atoms with Crippen LogP contribution in [0.15, 0.2) is 12.1 Å². The van der Waals surface area contributed by atoms with Crippen LogP contribution in [0.5, 0.6) is 17.2 Å². The maximum Gasteiger partial charge on any atom is 0.376 e. The van der Waals surface area contributed by atoms with Gasteiger partial charge in [0.15, 0.2) is 11.5 Å². The zero-order valence-corrected chi connectivity index (χ0v) is 14.3. The first-order valence-electron chi connectivity index (χ1n) is 6.93. The Balaban J connectivity index is 2.77. The molecule has 0 heterocycles. The molecule has 7 heteroatoms. The third-order valence-electron chi connectivity index (χ3n) is 3.24. The van der Waals surface area contributed by atoms with Crippen molar-refractivity contribution in [2.75, 3.05) is 28.4 Å². The average molecular weight is 327 g/mol. The molecule has 0 unspecified atom stereocenters. The van der Waals surface area contributed by atoms with Gasteiger partial charge in [0, 0.05) is 13.5 Å². The molecule has 0 aromatic heterocycles. The molecule has 129 valence electrons. The summed E-state index contributed by atoms with van der Waals surface area (Å²) in [5.74, 6) is 0.233. The van der Waals surface area contributed by atoms with Crippen molar-refractivity contribution in [3.8, 4) is 17.2 Å². The predicted molar refractivity (Wildman–Crippen MR) is 82.6 cm³/mol. The molecule has 0 bridgehead atoms. The van der Waals surface area contributed by atoms with Crippen LogP contribution >= 0.6 is 0 Å². The summed E-state index contributed by atoms with van der Waals surface area (Å²) in [6, 6.07) is 3.08. The lowest BCUT2D eigenvalue weighted by Crippen LogP contribution is -2.23. The maximum atomic E-state index is 12.1. The number of benzene rings is 1. The minimum Gasteiger partial charge on any atom is -0.493 e. The number of carbonyl (C=O) groups is 1. The standard InChI is InChI=1S/C16H23O7/c1-16(2,21-6)9-10-22-23-15(17)11-7-8-12(18-3)14(20-5)13(11)19-4/h7-8,10H,9H2,1-6H3. The van der Waals surface area contributed by atoms with E-state index in [1.54, 1.807) is 13.2 Å². The Kier molecular flexibility index (Phi) is 7.12. The topological polar surface area (TPSA) is 72.5 Å². The van der Waals surface area contributed by atoms with Crippen LogP contribution in [0.25, 0.3) is 0 Å². The Bertz CT molecular complexity index is 525. The summed E-state index contributed by atoms with van der Waals surface area (Å²) < 4.78 is 20.8. The van der Waals surface area contributed by atoms with Crippen LogP contribution in [0.4, 0.5) is 0 Å². The first-order valence-corrected chi connectivity index (χ1v) is 6.93. The van der Waals surface area contributed by atoms with E-state index in [1.807, 2.05) is 13.8 Å². The highest BCUT2D eigenvalue weighted by Gasteiger charge is 2.23. The molecule has 1 rings (SSSR count). The van der Waals surface area contributed by atoms with Gasteiger partial charge >= 0.3 is 5.97 Å². The van der Waals surface area contributed by atoms with Gasteiger partial charge in [-0.3, -0.25) is 4.89 Å². The summed E-state index contributed by atoms with van der Waals surface area (Å²) >= 11 is 0. The molecule has 0 aliphatic heterocycles. The van der Waals surface area contributed by atoms with Crippen LogP contribution < -0.4 is 14.2 Å². The van der Waals surface area contributed by atoms with E-state index < -0.39 is 11.6 Å². The number of carbonyl (C=O) groups excluding carboxylic acids is 1. The molecule has 7 nitrogen and oxygen atoms in total. The Morgan fingerprint density at radius 2 is 1.70 bits per heavy atom. The van der Waals surface area contributed by atoms with Crippen LogP contribution in [0.2, 0.25) is 0 Å². The van der Waals surface area contributed by atoms with Gasteiger partial charge in [0.25, 0.3) is 0 Å². The molecule has 0 aliphatic carbocycles. The lowest BCUT2D eigenvalue weighted by atomic mass is 10.1. The van der Waals surface area contributed by atoms with Gasteiger partial charge in [-0.2, -0.15) is 4.89 Å². The van der Waals surface area contributed by atoms with Crippen molar-refractivity contribution < 1.29 is 33.5 Å². The van der Waals surface area contributed by atoms with Gasteiger partial charge in [-0.15, -0.1) is 0 Å². The van der Waals surface area contributed by atoms with E-state index in [-0.39, 0.29) is 11.3 Å². The van der Waals surface area contributed by atoms with Crippen molar-refractivity contribution in [3.63, 3.8) is 0 Å². The number of ether oxygens (including phenoxy) is 4.